The van der Waals surface area contributed by atoms with Crippen LogP contribution in [0.25, 0.3) is 16.6 Å². The zero-order valence-electron chi connectivity index (χ0n) is 14.0. The molecule has 1 fully saturated rings. The Bertz CT molecular complexity index is 827. The number of hydrogen-bond acceptors (Lipinski definition) is 5. The number of fused-ring (bicyclic) bond motifs is 1. The Morgan fingerprint density at radius 2 is 2.12 bits per heavy atom. The summed E-state index contributed by atoms with van der Waals surface area (Å²) in [5, 5.41) is 11.5. The molecule has 3 heterocycles. The summed E-state index contributed by atoms with van der Waals surface area (Å²) in [5.41, 5.74) is 3.01. The number of aromatic nitrogens is 2. The summed E-state index contributed by atoms with van der Waals surface area (Å²) in [5.74, 6) is 0.127. The van der Waals surface area contributed by atoms with Crippen LogP contribution in [0.4, 0.5) is 0 Å². The van der Waals surface area contributed by atoms with Crippen molar-refractivity contribution in [2.45, 2.75) is 25.8 Å². The highest BCUT2D eigenvalue weighted by Crippen LogP contribution is 2.19. The smallest absolute Gasteiger partial charge is 0.219 e. The molecular formula is C18H20ClN5O. The van der Waals surface area contributed by atoms with E-state index in [1.807, 2.05) is 23.2 Å². The zero-order valence-corrected chi connectivity index (χ0v) is 14.8. The van der Waals surface area contributed by atoms with Gasteiger partial charge in [-0.05, 0) is 31.0 Å². The number of nitrogens with one attached hydrogen (secondary N) is 2. The molecule has 130 valence electrons. The third-order valence-corrected chi connectivity index (χ3v) is 4.62. The first-order valence-electron chi connectivity index (χ1n) is 8.21. The van der Waals surface area contributed by atoms with Crippen molar-refractivity contribution < 1.29 is 4.79 Å². The Morgan fingerprint density at radius 3 is 2.80 bits per heavy atom. The third kappa shape index (κ3) is 4.14. The molecule has 1 saturated heterocycles. The number of allylic oxidation sites excluding steroid dienone is 1. The van der Waals surface area contributed by atoms with Crippen LogP contribution in [-0.4, -0.2) is 46.1 Å². The van der Waals surface area contributed by atoms with E-state index in [9.17, 15) is 4.79 Å². The second-order valence-corrected chi connectivity index (χ2v) is 6.47. The summed E-state index contributed by atoms with van der Waals surface area (Å²) in [6.45, 7) is 3.13. The van der Waals surface area contributed by atoms with Crippen LogP contribution in [-0.2, 0) is 4.79 Å². The van der Waals surface area contributed by atoms with Crippen molar-refractivity contribution in [3.05, 3.63) is 41.3 Å². The minimum absolute atomic E-state index is 0.127. The quantitative estimate of drug-likeness (QED) is 0.651. The summed E-state index contributed by atoms with van der Waals surface area (Å²) < 4.78 is 0. The van der Waals surface area contributed by atoms with Crippen LogP contribution in [0.2, 0.25) is 5.15 Å². The minimum atomic E-state index is 0.127. The van der Waals surface area contributed by atoms with E-state index in [1.165, 1.54) is 6.21 Å². The number of carbonyl (C=O) groups excluding carboxylic acids is 1. The highest BCUT2D eigenvalue weighted by molar-refractivity contribution is 6.29. The van der Waals surface area contributed by atoms with Crippen molar-refractivity contribution in [3.63, 3.8) is 0 Å². The summed E-state index contributed by atoms with van der Waals surface area (Å²) >= 11 is 5.94. The molecule has 0 unspecified atom stereocenters. The lowest BCUT2D eigenvalue weighted by molar-refractivity contribution is -0.129. The van der Waals surface area contributed by atoms with E-state index in [-0.39, 0.29) is 5.91 Å². The number of amides is 1. The molecular weight excluding hydrogens is 338 g/mol. The molecule has 25 heavy (non-hydrogen) atoms. The van der Waals surface area contributed by atoms with Gasteiger partial charge in [0.15, 0.2) is 0 Å². The Kier molecular flexibility index (Phi) is 5.28. The van der Waals surface area contributed by atoms with Gasteiger partial charge in [0.1, 0.15) is 5.15 Å². The molecule has 2 aromatic heterocycles. The van der Waals surface area contributed by atoms with E-state index >= 15 is 0 Å². The average Bonchev–Trinajstić information content (AvgIpc) is 2.62. The van der Waals surface area contributed by atoms with Crippen LogP contribution >= 0.6 is 11.6 Å². The number of hydrogen-bond donors (Lipinski definition) is 2. The standard InChI is InChI=1S/C18H20ClN5O/c1-12(25)24-6-4-15(5-7-24)21-11-14(9-20)13-8-17-16(22-10-13)2-3-18(19)23-17/h2-3,8-11,15,20-21H,4-7H2,1H3/b14-11+,20-9?. The second-order valence-electron chi connectivity index (χ2n) is 6.09. The molecule has 0 bridgehead atoms. The topological polar surface area (TPSA) is 82.0 Å². The molecule has 0 aliphatic carbocycles. The fraction of sp³-hybridized carbons (Fsp3) is 0.333. The Labute approximate surface area is 151 Å². The highest BCUT2D eigenvalue weighted by atomic mass is 35.5. The number of nitrogens with zero attached hydrogens (tertiary/aromatic N) is 3. The average molecular weight is 358 g/mol. The lowest BCUT2D eigenvalue weighted by Gasteiger charge is -2.31. The van der Waals surface area contributed by atoms with Crippen LogP contribution < -0.4 is 5.32 Å². The predicted molar refractivity (Wildman–Crippen MR) is 99.7 cm³/mol. The molecule has 1 aliphatic heterocycles. The zero-order chi connectivity index (χ0) is 17.8. The number of rotatable bonds is 4. The summed E-state index contributed by atoms with van der Waals surface area (Å²) in [6, 6.07) is 5.71. The van der Waals surface area contributed by atoms with Crippen molar-refractivity contribution in [3.8, 4) is 0 Å². The minimum Gasteiger partial charge on any atom is -0.387 e. The van der Waals surface area contributed by atoms with Gasteiger partial charge in [-0.15, -0.1) is 0 Å². The Morgan fingerprint density at radius 1 is 1.36 bits per heavy atom. The fourth-order valence-corrected chi connectivity index (χ4v) is 3.07. The maximum Gasteiger partial charge on any atom is 0.219 e. The number of halogens is 1. The van der Waals surface area contributed by atoms with Crippen molar-refractivity contribution in [1.82, 2.24) is 20.2 Å². The first kappa shape index (κ1) is 17.4. The van der Waals surface area contributed by atoms with Gasteiger partial charge < -0.3 is 15.6 Å². The van der Waals surface area contributed by atoms with Crippen molar-refractivity contribution >= 4 is 40.3 Å². The van der Waals surface area contributed by atoms with E-state index in [0.29, 0.717) is 16.7 Å². The first-order chi connectivity index (χ1) is 12.1. The summed E-state index contributed by atoms with van der Waals surface area (Å²) in [6.07, 6.45) is 6.66. The monoisotopic (exact) mass is 357 g/mol. The van der Waals surface area contributed by atoms with Gasteiger partial charge in [-0.2, -0.15) is 0 Å². The molecule has 0 radical (unpaired) electrons. The maximum atomic E-state index is 11.4. The van der Waals surface area contributed by atoms with Crippen LogP contribution in [0, 0.1) is 5.41 Å². The van der Waals surface area contributed by atoms with Gasteiger partial charge in [0.05, 0.1) is 11.0 Å². The lowest BCUT2D eigenvalue weighted by Crippen LogP contribution is -2.42. The molecule has 3 rings (SSSR count). The number of likely N-dealkylation sites (tertiary alicyclic amines) is 1. The molecule has 0 atom stereocenters. The molecule has 0 aromatic carbocycles. The van der Waals surface area contributed by atoms with Gasteiger partial charge in [0, 0.05) is 55.8 Å². The summed E-state index contributed by atoms with van der Waals surface area (Å²) in [4.78, 5) is 21.9. The van der Waals surface area contributed by atoms with Crippen molar-refractivity contribution in [2.75, 3.05) is 13.1 Å². The molecule has 6 nitrogen and oxygen atoms in total. The van der Waals surface area contributed by atoms with Gasteiger partial charge in [-0.25, -0.2) is 4.98 Å². The van der Waals surface area contributed by atoms with E-state index in [0.717, 1.165) is 42.6 Å². The van der Waals surface area contributed by atoms with Crippen molar-refractivity contribution in [2.24, 2.45) is 0 Å². The Balaban J connectivity index is 1.72. The number of pyridine rings is 2. The lowest BCUT2D eigenvalue weighted by atomic mass is 10.0. The number of piperidine rings is 1. The highest BCUT2D eigenvalue weighted by Gasteiger charge is 2.19. The van der Waals surface area contributed by atoms with Crippen molar-refractivity contribution in [1.29, 1.82) is 5.41 Å². The molecule has 2 aromatic rings. The van der Waals surface area contributed by atoms with Crippen LogP contribution in [0.15, 0.2) is 30.6 Å². The normalized spacial score (nSPS) is 16.1. The van der Waals surface area contributed by atoms with E-state index in [2.05, 4.69) is 15.3 Å². The molecule has 7 heteroatoms. The van der Waals surface area contributed by atoms with Gasteiger partial charge in [-0.1, -0.05) is 11.6 Å². The van der Waals surface area contributed by atoms with Crippen LogP contribution in [0.5, 0.6) is 0 Å². The maximum absolute atomic E-state index is 11.4. The molecule has 1 amide bonds. The van der Waals surface area contributed by atoms with E-state index < -0.39 is 0 Å². The molecule has 2 N–H and O–H groups in total. The van der Waals surface area contributed by atoms with Gasteiger partial charge in [0.2, 0.25) is 5.91 Å². The van der Waals surface area contributed by atoms with Gasteiger partial charge in [-0.3, -0.25) is 9.78 Å². The van der Waals surface area contributed by atoms with Crippen LogP contribution in [0.3, 0.4) is 0 Å². The Hall–Kier alpha value is -2.47. The summed E-state index contributed by atoms with van der Waals surface area (Å²) in [7, 11) is 0. The van der Waals surface area contributed by atoms with Gasteiger partial charge >= 0.3 is 0 Å². The fourth-order valence-electron chi connectivity index (χ4n) is 2.92. The third-order valence-electron chi connectivity index (χ3n) is 4.41. The molecule has 1 aliphatic rings. The SMILES string of the molecule is CC(=O)N1CCC(N/C=C(\C=N)c2cnc3ccc(Cl)nc3c2)CC1. The number of carbonyl (C=O) groups is 1. The van der Waals surface area contributed by atoms with Crippen LogP contribution in [0.1, 0.15) is 25.3 Å². The predicted octanol–water partition coefficient (Wildman–Crippen LogP) is 2.87. The first-order valence-corrected chi connectivity index (χ1v) is 8.59. The van der Waals surface area contributed by atoms with E-state index in [4.69, 9.17) is 17.0 Å². The van der Waals surface area contributed by atoms with E-state index in [1.54, 1.807) is 19.2 Å². The largest absolute Gasteiger partial charge is 0.387 e. The van der Waals surface area contributed by atoms with Gasteiger partial charge in [0.25, 0.3) is 0 Å². The molecule has 0 spiro atoms. The molecule has 0 saturated carbocycles. The second kappa shape index (κ2) is 7.61.